The zero-order chi connectivity index (χ0) is 8.10. The lowest BCUT2D eigenvalue weighted by Crippen LogP contribution is -1.84. The molecule has 0 atom stereocenters. The van der Waals surface area contributed by atoms with Crippen molar-refractivity contribution in [3.05, 3.63) is 35.9 Å². The van der Waals surface area contributed by atoms with Crippen LogP contribution < -0.4 is 0 Å². The van der Waals surface area contributed by atoms with Gasteiger partial charge in [0.05, 0.1) is 5.69 Å². The van der Waals surface area contributed by atoms with Crippen molar-refractivity contribution in [2.45, 2.75) is 0 Å². The standard InChI is InChI=1S/C8H7ClFN/c9-5-1-4-8-7(10)3-2-6-11-8/h1-4,6H,5H2. The lowest BCUT2D eigenvalue weighted by molar-refractivity contribution is 0.618. The molecule has 1 nitrogen and oxygen atoms in total. The SMILES string of the molecule is Fc1cccnc1C=CCCl. The Bertz CT molecular complexity index is 260. The van der Waals surface area contributed by atoms with Crippen LogP contribution in [0.4, 0.5) is 4.39 Å². The highest BCUT2D eigenvalue weighted by Gasteiger charge is 1.94. The lowest BCUT2D eigenvalue weighted by Gasteiger charge is -1.91. The summed E-state index contributed by atoms with van der Waals surface area (Å²) in [7, 11) is 0. The predicted octanol–water partition coefficient (Wildman–Crippen LogP) is 2.47. The molecule has 3 heteroatoms. The van der Waals surface area contributed by atoms with Crippen LogP contribution in [0.5, 0.6) is 0 Å². The summed E-state index contributed by atoms with van der Waals surface area (Å²) in [5.74, 6) is 0.0459. The molecule has 0 saturated heterocycles. The van der Waals surface area contributed by atoms with E-state index in [0.717, 1.165) is 0 Å². The average molecular weight is 172 g/mol. The molecule has 1 heterocycles. The van der Waals surface area contributed by atoms with Gasteiger partial charge in [-0.05, 0) is 18.2 Å². The Morgan fingerprint density at radius 1 is 1.64 bits per heavy atom. The van der Waals surface area contributed by atoms with E-state index in [1.165, 1.54) is 12.3 Å². The van der Waals surface area contributed by atoms with Gasteiger partial charge in [0.15, 0.2) is 0 Å². The number of aromatic nitrogens is 1. The second-order valence-electron chi connectivity index (χ2n) is 1.93. The van der Waals surface area contributed by atoms with E-state index in [-0.39, 0.29) is 5.82 Å². The van der Waals surface area contributed by atoms with E-state index in [0.29, 0.717) is 11.6 Å². The first-order valence-electron chi connectivity index (χ1n) is 3.17. The Kier molecular flexibility index (Phi) is 3.05. The molecule has 1 aromatic rings. The van der Waals surface area contributed by atoms with Crippen LogP contribution >= 0.6 is 11.6 Å². The zero-order valence-electron chi connectivity index (χ0n) is 5.80. The third kappa shape index (κ3) is 2.31. The molecule has 0 aliphatic heterocycles. The van der Waals surface area contributed by atoms with Crippen molar-refractivity contribution < 1.29 is 4.39 Å². The normalized spacial score (nSPS) is 10.7. The van der Waals surface area contributed by atoms with Crippen molar-refractivity contribution >= 4 is 17.7 Å². The molecule has 0 aromatic carbocycles. The van der Waals surface area contributed by atoms with Gasteiger partial charge in [-0.3, -0.25) is 4.98 Å². The minimum atomic E-state index is -0.325. The van der Waals surface area contributed by atoms with Crippen molar-refractivity contribution in [2.75, 3.05) is 5.88 Å². The molecule has 0 unspecified atom stereocenters. The van der Waals surface area contributed by atoms with E-state index < -0.39 is 0 Å². The molecular weight excluding hydrogens is 165 g/mol. The first kappa shape index (κ1) is 8.21. The largest absolute Gasteiger partial charge is 0.254 e. The zero-order valence-corrected chi connectivity index (χ0v) is 6.55. The summed E-state index contributed by atoms with van der Waals surface area (Å²) in [6, 6.07) is 2.91. The highest BCUT2D eigenvalue weighted by atomic mass is 35.5. The molecule has 1 aromatic heterocycles. The first-order chi connectivity index (χ1) is 5.34. The monoisotopic (exact) mass is 171 g/mol. The van der Waals surface area contributed by atoms with Gasteiger partial charge in [0.2, 0.25) is 0 Å². The van der Waals surface area contributed by atoms with Crippen LogP contribution in [0.15, 0.2) is 24.4 Å². The number of nitrogens with zero attached hydrogens (tertiary/aromatic N) is 1. The van der Waals surface area contributed by atoms with Crippen molar-refractivity contribution in [1.82, 2.24) is 4.98 Å². The summed E-state index contributed by atoms with van der Waals surface area (Å²) >= 11 is 5.37. The van der Waals surface area contributed by atoms with Crippen LogP contribution in [0.1, 0.15) is 5.69 Å². The molecule has 0 saturated carbocycles. The number of hydrogen-bond acceptors (Lipinski definition) is 1. The van der Waals surface area contributed by atoms with E-state index in [1.807, 2.05) is 0 Å². The van der Waals surface area contributed by atoms with Crippen molar-refractivity contribution in [1.29, 1.82) is 0 Å². The third-order valence-electron chi connectivity index (χ3n) is 1.15. The highest BCUT2D eigenvalue weighted by molar-refractivity contribution is 6.19. The fourth-order valence-corrected chi connectivity index (χ4v) is 0.766. The number of allylic oxidation sites excluding steroid dienone is 1. The van der Waals surface area contributed by atoms with Crippen LogP contribution in [-0.2, 0) is 0 Å². The van der Waals surface area contributed by atoms with Gasteiger partial charge in [0.25, 0.3) is 0 Å². The van der Waals surface area contributed by atoms with Gasteiger partial charge in [0, 0.05) is 12.1 Å². The van der Waals surface area contributed by atoms with Crippen LogP contribution in [0.25, 0.3) is 6.08 Å². The Balaban J connectivity index is 2.86. The molecule has 0 aliphatic rings. The van der Waals surface area contributed by atoms with Gasteiger partial charge in [-0.2, -0.15) is 0 Å². The predicted molar refractivity (Wildman–Crippen MR) is 43.9 cm³/mol. The molecule has 0 radical (unpaired) electrons. The summed E-state index contributed by atoms with van der Waals surface area (Å²) in [5, 5.41) is 0. The topological polar surface area (TPSA) is 12.9 Å². The molecule has 0 fully saturated rings. The summed E-state index contributed by atoms with van der Waals surface area (Å²) in [6.07, 6.45) is 4.74. The summed E-state index contributed by atoms with van der Waals surface area (Å²) in [6.45, 7) is 0. The molecular formula is C8H7ClFN. The molecule has 11 heavy (non-hydrogen) atoms. The third-order valence-corrected chi connectivity index (χ3v) is 1.33. The van der Waals surface area contributed by atoms with Gasteiger partial charge in [-0.25, -0.2) is 4.39 Å². The molecule has 0 N–H and O–H groups in total. The first-order valence-corrected chi connectivity index (χ1v) is 3.71. The molecule has 0 spiro atoms. The number of hydrogen-bond donors (Lipinski definition) is 0. The van der Waals surface area contributed by atoms with Crippen molar-refractivity contribution in [3.63, 3.8) is 0 Å². The smallest absolute Gasteiger partial charge is 0.148 e. The number of alkyl halides is 1. The van der Waals surface area contributed by atoms with E-state index in [9.17, 15) is 4.39 Å². The van der Waals surface area contributed by atoms with Gasteiger partial charge in [-0.1, -0.05) is 6.08 Å². The molecule has 0 aliphatic carbocycles. The van der Waals surface area contributed by atoms with E-state index >= 15 is 0 Å². The van der Waals surface area contributed by atoms with E-state index in [4.69, 9.17) is 11.6 Å². The quantitative estimate of drug-likeness (QED) is 0.623. The molecule has 1 rings (SSSR count). The van der Waals surface area contributed by atoms with Crippen molar-refractivity contribution in [3.8, 4) is 0 Å². The Hall–Kier alpha value is -0.890. The summed E-state index contributed by atoms with van der Waals surface area (Å²) in [4.78, 5) is 3.80. The van der Waals surface area contributed by atoms with Gasteiger partial charge in [-0.15, -0.1) is 11.6 Å². The Labute approximate surface area is 69.5 Å². The van der Waals surface area contributed by atoms with Crippen LogP contribution in [0.3, 0.4) is 0 Å². The average Bonchev–Trinajstić information content (AvgIpc) is 2.03. The number of rotatable bonds is 2. The highest BCUT2D eigenvalue weighted by Crippen LogP contribution is 2.04. The van der Waals surface area contributed by atoms with Gasteiger partial charge >= 0.3 is 0 Å². The fourth-order valence-electron chi connectivity index (χ4n) is 0.677. The maximum Gasteiger partial charge on any atom is 0.148 e. The second kappa shape index (κ2) is 4.09. The summed E-state index contributed by atoms with van der Waals surface area (Å²) < 4.78 is 12.8. The Morgan fingerprint density at radius 2 is 2.45 bits per heavy atom. The molecule has 0 amide bonds. The fraction of sp³-hybridized carbons (Fsp3) is 0.125. The minimum Gasteiger partial charge on any atom is -0.254 e. The number of halogens is 2. The van der Waals surface area contributed by atoms with Gasteiger partial charge < -0.3 is 0 Å². The van der Waals surface area contributed by atoms with E-state index in [2.05, 4.69) is 4.98 Å². The number of pyridine rings is 1. The maximum absolute atomic E-state index is 12.8. The van der Waals surface area contributed by atoms with E-state index in [1.54, 1.807) is 18.2 Å². The minimum absolute atomic E-state index is 0.325. The van der Waals surface area contributed by atoms with Crippen LogP contribution in [-0.4, -0.2) is 10.9 Å². The van der Waals surface area contributed by atoms with Crippen LogP contribution in [0.2, 0.25) is 0 Å². The van der Waals surface area contributed by atoms with Gasteiger partial charge in [0.1, 0.15) is 5.82 Å². The van der Waals surface area contributed by atoms with Crippen LogP contribution in [0, 0.1) is 5.82 Å². The lowest BCUT2D eigenvalue weighted by atomic mass is 10.3. The molecule has 58 valence electrons. The van der Waals surface area contributed by atoms with Crippen molar-refractivity contribution in [2.24, 2.45) is 0 Å². The summed E-state index contributed by atoms with van der Waals surface area (Å²) in [5.41, 5.74) is 0.327. The Morgan fingerprint density at radius 3 is 3.09 bits per heavy atom. The second-order valence-corrected chi connectivity index (χ2v) is 2.24. The molecule has 0 bridgehead atoms. The maximum atomic E-state index is 12.8.